The molecule has 5 heteroatoms. The highest BCUT2D eigenvalue weighted by atomic mass is 35.5. The summed E-state index contributed by atoms with van der Waals surface area (Å²) < 4.78 is 32.6. The van der Waals surface area contributed by atoms with Gasteiger partial charge in [0.15, 0.2) is 11.6 Å². The van der Waals surface area contributed by atoms with Gasteiger partial charge < -0.3 is 10.1 Å². The number of hydrogen-bond acceptors (Lipinski definition) is 2. The van der Waals surface area contributed by atoms with Gasteiger partial charge in [0, 0.05) is 18.7 Å². The van der Waals surface area contributed by atoms with Gasteiger partial charge in [-0.05, 0) is 42.7 Å². The number of nitrogens with one attached hydrogen (secondary N) is 1. The van der Waals surface area contributed by atoms with Gasteiger partial charge in [0.1, 0.15) is 11.6 Å². The molecule has 2 aromatic carbocycles. The molecule has 2 aromatic rings. The molecular formula is C16H14ClF2NO. The van der Waals surface area contributed by atoms with Crippen LogP contribution in [0.5, 0.6) is 11.5 Å². The summed E-state index contributed by atoms with van der Waals surface area (Å²) in [5.41, 5.74) is 0.856. The largest absolute Gasteiger partial charge is 0.454 e. The van der Waals surface area contributed by atoms with Crippen molar-refractivity contribution in [3.8, 4) is 11.5 Å². The second kappa shape index (κ2) is 6.00. The Bertz CT molecular complexity index is 659. The first kappa shape index (κ1) is 14.3. The molecular weight excluding hydrogens is 296 g/mol. The summed E-state index contributed by atoms with van der Waals surface area (Å²) in [7, 11) is 0. The van der Waals surface area contributed by atoms with Crippen LogP contribution in [-0.4, -0.2) is 6.04 Å². The molecule has 0 unspecified atom stereocenters. The van der Waals surface area contributed by atoms with Crippen LogP contribution in [0.4, 0.5) is 8.78 Å². The molecule has 0 radical (unpaired) electrons. The van der Waals surface area contributed by atoms with Crippen molar-refractivity contribution < 1.29 is 13.5 Å². The minimum absolute atomic E-state index is 0.00400. The summed E-state index contributed by atoms with van der Waals surface area (Å²) in [6, 6.07) is 9.33. The normalized spacial score (nSPS) is 14.2. The van der Waals surface area contributed by atoms with Crippen molar-refractivity contribution in [2.24, 2.45) is 0 Å². The summed E-state index contributed by atoms with van der Waals surface area (Å²) in [4.78, 5) is 0. The van der Waals surface area contributed by atoms with Crippen LogP contribution in [0.1, 0.15) is 18.4 Å². The van der Waals surface area contributed by atoms with E-state index in [1.807, 2.05) is 0 Å². The summed E-state index contributed by atoms with van der Waals surface area (Å²) >= 11 is 5.59. The molecule has 0 aliphatic heterocycles. The average molecular weight is 310 g/mol. The maximum atomic E-state index is 14.0. The zero-order valence-electron chi connectivity index (χ0n) is 11.2. The van der Waals surface area contributed by atoms with Crippen molar-refractivity contribution in [3.05, 3.63) is 58.6 Å². The number of benzene rings is 2. The maximum absolute atomic E-state index is 14.0. The van der Waals surface area contributed by atoms with Crippen molar-refractivity contribution in [3.63, 3.8) is 0 Å². The van der Waals surface area contributed by atoms with E-state index in [1.54, 1.807) is 12.1 Å². The fraction of sp³-hybridized carbons (Fsp3) is 0.250. The van der Waals surface area contributed by atoms with Crippen LogP contribution in [0.3, 0.4) is 0 Å². The number of halogens is 3. The Balaban J connectivity index is 1.70. The molecule has 110 valence electrons. The second-order valence-electron chi connectivity index (χ2n) is 5.10. The number of ether oxygens (including phenoxy) is 1. The van der Waals surface area contributed by atoms with Crippen LogP contribution in [0.2, 0.25) is 5.02 Å². The SMILES string of the molecule is Fc1cc(Oc2ccc(CNC3CC3)cc2F)ccc1Cl. The maximum Gasteiger partial charge on any atom is 0.166 e. The van der Waals surface area contributed by atoms with Crippen LogP contribution in [-0.2, 0) is 6.54 Å². The van der Waals surface area contributed by atoms with Crippen LogP contribution in [0.15, 0.2) is 36.4 Å². The quantitative estimate of drug-likeness (QED) is 0.867. The molecule has 0 atom stereocenters. The molecule has 1 saturated carbocycles. The molecule has 0 heterocycles. The van der Waals surface area contributed by atoms with Gasteiger partial charge in [-0.25, -0.2) is 8.78 Å². The van der Waals surface area contributed by atoms with E-state index < -0.39 is 11.6 Å². The standard InChI is InChI=1S/C16H14ClF2NO/c17-13-5-4-12(8-14(13)18)21-16-6-1-10(7-15(16)19)9-20-11-2-3-11/h1,4-8,11,20H,2-3,9H2. The molecule has 1 N–H and O–H groups in total. The number of hydrogen-bond donors (Lipinski definition) is 1. The minimum atomic E-state index is -0.597. The first-order chi connectivity index (χ1) is 10.1. The Morgan fingerprint density at radius 3 is 2.57 bits per heavy atom. The van der Waals surface area contributed by atoms with Crippen LogP contribution >= 0.6 is 11.6 Å². The summed E-state index contributed by atoms with van der Waals surface area (Å²) in [5.74, 6) is -0.799. The Morgan fingerprint density at radius 1 is 1.10 bits per heavy atom. The Kier molecular flexibility index (Phi) is 4.08. The predicted molar refractivity (Wildman–Crippen MR) is 77.7 cm³/mol. The lowest BCUT2D eigenvalue weighted by Crippen LogP contribution is -2.15. The molecule has 2 nitrogen and oxygen atoms in total. The molecule has 1 aliphatic carbocycles. The fourth-order valence-electron chi connectivity index (χ4n) is 1.95. The van der Waals surface area contributed by atoms with Gasteiger partial charge in [-0.1, -0.05) is 17.7 Å². The van der Waals surface area contributed by atoms with Crippen molar-refractivity contribution in [1.82, 2.24) is 5.32 Å². The topological polar surface area (TPSA) is 21.3 Å². The zero-order chi connectivity index (χ0) is 14.8. The molecule has 1 aliphatic rings. The highest BCUT2D eigenvalue weighted by Crippen LogP contribution is 2.28. The molecule has 0 aromatic heterocycles. The Labute approximate surface area is 126 Å². The van der Waals surface area contributed by atoms with Crippen LogP contribution in [0, 0.1) is 11.6 Å². The second-order valence-corrected chi connectivity index (χ2v) is 5.51. The molecule has 21 heavy (non-hydrogen) atoms. The van der Waals surface area contributed by atoms with Gasteiger partial charge in [-0.2, -0.15) is 0 Å². The highest BCUT2D eigenvalue weighted by molar-refractivity contribution is 6.30. The van der Waals surface area contributed by atoms with E-state index in [-0.39, 0.29) is 16.5 Å². The molecule has 0 bridgehead atoms. The van der Waals surface area contributed by atoms with E-state index in [0.29, 0.717) is 12.6 Å². The first-order valence-corrected chi connectivity index (χ1v) is 7.14. The van der Waals surface area contributed by atoms with Crippen LogP contribution < -0.4 is 10.1 Å². The third-order valence-corrected chi connectivity index (χ3v) is 3.59. The lowest BCUT2D eigenvalue weighted by Gasteiger charge is -2.09. The van der Waals surface area contributed by atoms with Gasteiger partial charge in [0.05, 0.1) is 5.02 Å². The van der Waals surface area contributed by atoms with Crippen molar-refractivity contribution in [1.29, 1.82) is 0 Å². The van der Waals surface area contributed by atoms with Gasteiger partial charge in [0.25, 0.3) is 0 Å². The van der Waals surface area contributed by atoms with E-state index in [0.717, 1.165) is 11.6 Å². The molecule has 1 fully saturated rings. The highest BCUT2D eigenvalue weighted by Gasteiger charge is 2.20. The molecule has 0 spiro atoms. The lowest BCUT2D eigenvalue weighted by molar-refractivity contribution is 0.438. The van der Waals surface area contributed by atoms with Gasteiger partial charge in [-0.3, -0.25) is 0 Å². The Hall–Kier alpha value is -1.65. The van der Waals surface area contributed by atoms with E-state index in [9.17, 15) is 8.78 Å². The molecule has 0 amide bonds. The predicted octanol–water partition coefficient (Wildman–Crippen LogP) is 4.66. The van der Waals surface area contributed by atoms with Crippen molar-refractivity contribution in [2.75, 3.05) is 0 Å². The summed E-state index contributed by atoms with van der Waals surface area (Å²) in [6.07, 6.45) is 2.37. The fourth-order valence-corrected chi connectivity index (χ4v) is 2.07. The van der Waals surface area contributed by atoms with E-state index in [2.05, 4.69) is 5.32 Å². The molecule has 0 saturated heterocycles. The summed E-state index contributed by atoms with van der Waals surface area (Å²) in [5, 5.41) is 3.32. The smallest absolute Gasteiger partial charge is 0.166 e. The Morgan fingerprint density at radius 2 is 1.90 bits per heavy atom. The average Bonchev–Trinajstić information content (AvgIpc) is 3.27. The third-order valence-electron chi connectivity index (χ3n) is 3.29. The monoisotopic (exact) mass is 309 g/mol. The third kappa shape index (κ3) is 3.71. The van der Waals surface area contributed by atoms with E-state index in [1.165, 1.54) is 31.0 Å². The number of rotatable bonds is 5. The summed E-state index contributed by atoms with van der Waals surface area (Å²) in [6.45, 7) is 0.636. The van der Waals surface area contributed by atoms with Crippen molar-refractivity contribution in [2.45, 2.75) is 25.4 Å². The van der Waals surface area contributed by atoms with Gasteiger partial charge in [-0.15, -0.1) is 0 Å². The van der Waals surface area contributed by atoms with E-state index >= 15 is 0 Å². The lowest BCUT2D eigenvalue weighted by atomic mass is 10.2. The van der Waals surface area contributed by atoms with Crippen molar-refractivity contribution >= 4 is 11.6 Å². The molecule has 3 rings (SSSR count). The zero-order valence-corrected chi connectivity index (χ0v) is 12.0. The first-order valence-electron chi connectivity index (χ1n) is 6.76. The minimum Gasteiger partial charge on any atom is -0.454 e. The van der Waals surface area contributed by atoms with Gasteiger partial charge in [0.2, 0.25) is 0 Å². The van der Waals surface area contributed by atoms with Gasteiger partial charge >= 0.3 is 0 Å². The van der Waals surface area contributed by atoms with E-state index in [4.69, 9.17) is 16.3 Å². The van der Waals surface area contributed by atoms with Crippen LogP contribution in [0.25, 0.3) is 0 Å².